The van der Waals surface area contributed by atoms with E-state index in [1.807, 2.05) is 72.1 Å². The molecule has 0 bridgehead atoms. The third-order valence-electron chi connectivity index (χ3n) is 4.19. The molecule has 0 N–H and O–H groups in total. The molecule has 0 fully saturated rings. The van der Waals surface area contributed by atoms with Crippen LogP contribution >= 0.6 is 11.3 Å². The molecule has 25 heavy (non-hydrogen) atoms. The number of benzene rings is 2. The monoisotopic (exact) mass is 347 g/mol. The molecule has 124 valence electrons. The summed E-state index contributed by atoms with van der Waals surface area (Å²) < 4.78 is 1.88. The molecule has 4 rings (SSSR count). The first-order valence-electron chi connectivity index (χ1n) is 7.97. The minimum atomic E-state index is 0.589. The lowest BCUT2D eigenvalue weighted by Crippen LogP contribution is -2.07. The van der Waals surface area contributed by atoms with Gasteiger partial charge in [0.05, 0.1) is 4.88 Å². The molecule has 0 atom stereocenters. The van der Waals surface area contributed by atoms with E-state index in [2.05, 4.69) is 12.1 Å². The summed E-state index contributed by atoms with van der Waals surface area (Å²) in [7, 11) is 4.01. The minimum absolute atomic E-state index is 0.589. The van der Waals surface area contributed by atoms with Crippen LogP contribution in [0, 0.1) is 0 Å². The first-order valence-corrected chi connectivity index (χ1v) is 8.79. The molecule has 0 saturated carbocycles. The van der Waals surface area contributed by atoms with Crippen molar-refractivity contribution in [1.82, 2.24) is 9.38 Å². The highest BCUT2D eigenvalue weighted by atomic mass is 32.1. The number of hydrogen-bond donors (Lipinski definition) is 0. The van der Waals surface area contributed by atoms with E-state index in [4.69, 9.17) is 4.98 Å². The van der Waals surface area contributed by atoms with Gasteiger partial charge in [0.2, 0.25) is 0 Å². The number of nitrogens with zero attached hydrogens (tertiary/aromatic N) is 3. The zero-order valence-electron chi connectivity index (χ0n) is 14.0. The van der Waals surface area contributed by atoms with E-state index >= 15 is 0 Å². The van der Waals surface area contributed by atoms with Crippen LogP contribution in [0.2, 0.25) is 0 Å². The normalized spacial score (nSPS) is 11.0. The molecular formula is C20H17N3OS. The van der Waals surface area contributed by atoms with E-state index in [-0.39, 0.29) is 0 Å². The molecule has 0 aliphatic carbocycles. The van der Waals surface area contributed by atoms with Gasteiger partial charge < -0.3 is 4.90 Å². The molecule has 2 aromatic heterocycles. The summed E-state index contributed by atoms with van der Waals surface area (Å²) in [5.41, 5.74) is 4.51. The second-order valence-electron chi connectivity index (χ2n) is 6.02. The molecule has 0 saturated heterocycles. The number of carbonyl (C=O) groups is 1. The van der Waals surface area contributed by atoms with Gasteiger partial charge in [-0.25, -0.2) is 4.98 Å². The van der Waals surface area contributed by atoms with Crippen LogP contribution < -0.4 is 4.90 Å². The van der Waals surface area contributed by atoms with Crippen LogP contribution in [0.15, 0.2) is 60.8 Å². The Morgan fingerprint density at radius 2 is 1.72 bits per heavy atom. The van der Waals surface area contributed by atoms with Gasteiger partial charge in [-0.15, -0.1) is 0 Å². The Balaban J connectivity index is 1.80. The molecule has 5 heteroatoms. The molecule has 2 heterocycles. The lowest BCUT2D eigenvalue weighted by atomic mass is 10.1. The van der Waals surface area contributed by atoms with E-state index < -0.39 is 0 Å². The molecule has 0 unspecified atom stereocenters. The van der Waals surface area contributed by atoms with Crippen molar-refractivity contribution in [2.24, 2.45) is 0 Å². The number of hydrogen-bond acceptors (Lipinski definition) is 4. The maximum absolute atomic E-state index is 11.7. The molecule has 0 amide bonds. The zero-order valence-corrected chi connectivity index (χ0v) is 14.8. The highest BCUT2D eigenvalue weighted by Crippen LogP contribution is 2.33. The van der Waals surface area contributed by atoms with Crippen LogP contribution in [0.25, 0.3) is 26.7 Å². The summed E-state index contributed by atoms with van der Waals surface area (Å²) in [5, 5.41) is 0. The summed E-state index contributed by atoms with van der Waals surface area (Å²) in [6.45, 7) is 0. The molecule has 4 nitrogen and oxygen atoms in total. The summed E-state index contributed by atoms with van der Waals surface area (Å²) >= 11 is 1.59. The van der Waals surface area contributed by atoms with E-state index in [0.29, 0.717) is 5.69 Å². The number of anilines is 1. The summed E-state index contributed by atoms with van der Waals surface area (Å²) in [5.74, 6) is 0. The average molecular weight is 347 g/mol. The van der Waals surface area contributed by atoms with Crippen LogP contribution in [0.5, 0.6) is 0 Å². The van der Waals surface area contributed by atoms with Gasteiger partial charge in [0.15, 0.2) is 11.2 Å². The van der Waals surface area contributed by atoms with Crippen LogP contribution in [0.3, 0.4) is 0 Å². The Morgan fingerprint density at radius 3 is 2.36 bits per heavy atom. The Bertz CT molecular complexity index is 1030. The number of thiazole rings is 1. The average Bonchev–Trinajstić information content (AvgIpc) is 3.20. The Morgan fingerprint density at radius 1 is 1.00 bits per heavy atom. The summed E-state index contributed by atoms with van der Waals surface area (Å²) in [6.07, 6.45) is 2.88. The van der Waals surface area contributed by atoms with Crippen molar-refractivity contribution in [1.29, 1.82) is 0 Å². The van der Waals surface area contributed by atoms with Crippen LogP contribution in [0.1, 0.15) is 10.5 Å². The van der Waals surface area contributed by atoms with Crippen molar-refractivity contribution >= 4 is 28.3 Å². The van der Waals surface area contributed by atoms with E-state index in [0.717, 1.165) is 38.6 Å². The number of rotatable bonds is 4. The van der Waals surface area contributed by atoms with Crippen molar-refractivity contribution < 1.29 is 4.79 Å². The highest BCUT2D eigenvalue weighted by Gasteiger charge is 2.16. The van der Waals surface area contributed by atoms with Crippen LogP contribution in [0.4, 0.5) is 5.69 Å². The predicted octanol–water partition coefficient (Wildman–Crippen LogP) is 4.61. The molecule has 0 aliphatic rings. The van der Waals surface area contributed by atoms with E-state index in [1.165, 1.54) is 0 Å². The Labute approximate surface area is 150 Å². The Kier molecular flexibility index (Phi) is 3.86. The lowest BCUT2D eigenvalue weighted by Gasteiger charge is -2.12. The largest absolute Gasteiger partial charge is 0.378 e. The maximum atomic E-state index is 11.7. The smallest absolute Gasteiger partial charge is 0.195 e. The standard InChI is InChI=1S/C20H17N3OS/c1-22(2)16-10-8-15(9-11-16)19-17(13-24)23-12-18(25-20(23)21-19)14-6-4-3-5-7-14/h3-13H,1-2H3. The van der Waals surface area contributed by atoms with Crippen molar-refractivity contribution in [3.05, 3.63) is 66.5 Å². The maximum Gasteiger partial charge on any atom is 0.195 e. The van der Waals surface area contributed by atoms with Gasteiger partial charge in [-0.2, -0.15) is 0 Å². The number of imidazole rings is 1. The highest BCUT2D eigenvalue weighted by molar-refractivity contribution is 7.20. The van der Waals surface area contributed by atoms with Crippen molar-refractivity contribution in [2.75, 3.05) is 19.0 Å². The lowest BCUT2D eigenvalue weighted by molar-refractivity contribution is 0.111. The fourth-order valence-electron chi connectivity index (χ4n) is 2.84. The van der Waals surface area contributed by atoms with Crippen molar-refractivity contribution in [3.63, 3.8) is 0 Å². The second-order valence-corrected chi connectivity index (χ2v) is 7.03. The summed E-state index contributed by atoms with van der Waals surface area (Å²) in [4.78, 5) is 20.4. The topological polar surface area (TPSA) is 37.6 Å². The zero-order chi connectivity index (χ0) is 17.4. The SMILES string of the molecule is CN(C)c1ccc(-c2nc3sc(-c4ccccc4)cn3c2C=O)cc1. The van der Waals surface area contributed by atoms with Gasteiger partial charge in [-0.05, 0) is 17.7 Å². The molecule has 0 spiro atoms. The quantitative estimate of drug-likeness (QED) is 0.506. The second kappa shape index (κ2) is 6.18. The molecule has 0 radical (unpaired) electrons. The van der Waals surface area contributed by atoms with Crippen LogP contribution in [-0.4, -0.2) is 29.8 Å². The molecular weight excluding hydrogens is 330 g/mol. The fourth-order valence-corrected chi connectivity index (χ4v) is 3.84. The van der Waals surface area contributed by atoms with E-state index in [1.54, 1.807) is 11.3 Å². The number of fused-ring (bicyclic) bond motifs is 1. The first-order chi connectivity index (χ1) is 12.2. The number of aldehydes is 1. The first kappa shape index (κ1) is 15.6. The van der Waals surface area contributed by atoms with Gasteiger partial charge in [0.1, 0.15) is 11.4 Å². The van der Waals surface area contributed by atoms with Gasteiger partial charge in [0.25, 0.3) is 0 Å². The fraction of sp³-hybridized carbons (Fsp3) is 0.100. The van der Waals surface area contributed by atoms with E-state index in [9.17, 15) is 4.79 Å². The van der Waals surface area contributed by atoms with Gasteiger partial charge >= 0.3 is 0 Å². The number of aromatic nitrogens is 2. The molecule has 0 aliphatic heterocycles. The van der Waals surface area contributed by atoms with Crippen molar-refractivity contribution in [2.45, 2.75) is 0 Å². The number of carbonyl (C=O) groups excluding carboxylic acids is 1. The van der Waals surface area contributed by atoms with Gasteiger partial charge in [-0.1, -0.05) is 53.8 Å². The van der Waals surface area contributed by atoms with Crippen molar-refractivity contribution in [3.8, 4) is 21.7 Å². The third kappa shape index (κ3) is 2.72. The summed E-state index contributed by atoms with van der Waals surface area (Å²) in [6, 6.07) is 18.2. The molecule has 4 aromatic rings. The minimum Gasteiger partial charge on any atom is -0.378 e. The Hall–Kier alpha value is -2.92. The van der Waals surface area contributed by atoms with Crippen LogP contribution in [-0.2, 0) is 0 Å². The third-order valence-corrected chi connectivity index (χ3v) is 5.22. The van der Waals surface area contributed by atoms with Gasteiger partial charge in [0, 0.05) is 31.5 Å². The van der Waals surface area contributed by atoms with Gasteiger partial charge in [-0.3, -0.25) is 9.20 Å². The molecule has 2 aromatic carbocycles. The predicted molar refractivity (Wildman–Crippen MR) is 104 cm³/mol.